The van der Waals surface area contributed by atoms with E-state index in [2.05, 4.69) is 6.07 Å². The number of allylic oxidation sites excluding steroid dienone is 2. The Hall–Kier alpha value is -2.26. The number of ether oxygens (including phenoxy) is 2. The summed E-state index contributed by atoms with van der Waals surface area (Å²) in [6.07, 6.45) is 0. The zero-order valence-corrected chi connectivity index (χ0v) is 12.9. The minimum atomic E-state index is -0.525. The van der Waals surface area contributed by atoms with Crippen LogP contribution in [0.25, 0.3) is 0 Å². The van der Waals surface area contributed by atoms with Gasteiger partial charge in [-0.25, -0.2) is 4.79 Å². The second-order valence-electron chi connectivity index (χ2n) is 4.58. The van der Waals surface area contributed by atoms with Gasteiger partial charge in [-0.1, -0.05) is 0 Å². The Kier molecular flexibility index (Phi) is 4.34. The molecule has 2 heterocycles. The summed E-state index contributed by atoms with van der Waals surface area (Å²) in [6.45, 7) is 5.58. The number of carbonyl (C=O) groups is 1. The van der Waals surface area contributed by atoms with Gasteiger partial charge in [0, 0.05) is 4.88 Å². The fraction of sp³-hybridized carbons (Fsp3) is 0.333. The van der Waals surface area contributed by atoms with Gasteiger partial charge >= 0.3 is 5.97 Å². The van der Waals surface area contributed by atoms with Crippen LogP contribution in [0.5, 0.6) is 0 Å². The van der Waals surface area contributed by atoms with E-state index in [1.165, 1.54) is 11.3 Å². The van der Waals surface area contributed by atoms with Gasteiger partial charge in [0.15, 0.2) is 0 Å². The number of hydrogen-bond donors (Lipinski definition) is 1. The molecule has 110 valence electrons. The summed E-state index contributed by atoms with van der Waals surface area (Å²) in [5.41, 5.74) is 7.40. The summed E-state index contributed by atoms with van der Waals surface area (Å²) in [7, 11) is 0. The van der Waals surface area contributed by atoms with E-state index < -0.39 is 11.9 Å². The van der Waals surface area contributed by atoms with Gasteiger partial charge in [-0.3, -0.25) is 0 Å². The monoisotopic (exact) mass is 304 g/mol. The first-order valence-electron chi connectivity index (χ1n) is 6.50. The van der Waals surface area contributed by atoms with Crippen molar-refractivity contribution in [1.82, 2.24) is 0 Å². The molecule has 0 unspecified atom stereocenters. The first-order valence-corrected chi connectivity index (χ1v) is 7.38. The van der Waals surface area contributed by atoms with E-state index in [1.54, 1.807) is 13.8 Å². The maximum absolute atomic E-state index is 12.3. The lowest BCUT2D eigenvalue weighted by Crippen LogP contribution is -2.25. The van der Waals surface area contributed by atoms with Crippen LogP contribution in [0.15, 0.2) is 34.2 Å². The number of rotatable bonds is 3. The molecule has 0 aliphatic carbocycles. The Morgan fingerprint density at radius 3 is 2.81 bits per heavy atom. The normalized spacial score (nSPS) is 18.3. The third-order valence-electron chi connectivity index (χ3n) is 3.26. The average Bonchev–Trinajstić information content (AvgIpc) is 2.84. The number of carbonyl (C=O) groups excluding carboxylic acids is 1. The fourth-order valence-corrected chi connectivity index (χ4v) is 3.34. The minimum Gasteiger partial charge on any atom is -0.463 e. The molecule has 0 bridgehead atoms. The van der Waals surface area contributed by atoms with Crippen molar-refractivity contribution in [3.8, 4) is 6.07 Å². The second kappa shape index (κ2) is 6.02. The summed E-state index contributed by atoms with van der Waals surface area (Å²) in [4.78, 5) is 13.2. The molecule has 0 radical (unpaired) electrons. The summed E-state index contributed by atoms with van der Waals surface area (Å²) >= 11 is 1.48. The molecule has 1 atom stereocenters. The zero-order valence-electron chi connectivity index (χ0n) is 12.1. The van der Waals surface area contributed by atoms with Gasteiger partial charge in [-0.05, 0) is 37.8 Å². The van der Waals surface area contributed by atoms with E-state index in [4.69, 9.17) is 15.2 Å². The lowest BCUT2D eigenvalue weighted by molar-refractivity contribution is -0.139. The van der Waals surface area contributed by atoms with Crippen molar-refractivity contribution in [2.24, 2.45) is 5.73 Å². The van der Waals surface area contributed by atoms with E-state index >= 15 is 0 Å². The SMILES string of the molecule is CCOC(=O)C1=C(C)OC(N)=C(C#N)[C@@H]1c1sccc1C. The van der Waals surface area contributed by atoms with Gasteiger partial charge in [0.05, 0.1) is 18.1 Å². The van der Waals surface area contributed by atoms with Crippen LogP contribution in [0.1, 0.15) is 30.2 Å². The molecule has 0 saturated carbocycles. The second-order valence-corrected chi connectivity index (χ2v) is 5.53. The molecule has 0 amide bonds. The number of esters is 1. The topological polar surface area (TPSA) is 85.3 Å². The van der Waals surface area contributed by atoms with Gasteiger partial charge < -0.3 is 15.2 Å². The molecule has 5 nitrogen and oxygen atoms in total. The van der Waals surface area contributed by atoms with Crippen LogP contribution in [0.4, 0.5) is 0 Å². The lowest BCUT2D eigenvalue weighted by Gasteiger charge is -2.26. The summed E-state index contributed by atoms with van der Waals surface area (Å²) in [5.74, 6) is -0.584. The first-order chi connectivity index (χ1) is 10.0. The first kappa shape index (κ1) is 15.1. The number of thiophene rings is 1. The molecular formula is C15H16N2O3S. The Morgan fingerprint density at radius 1 is 1.57 bits per heavy atom. The van der Waals surface area contributed by atoms with Crippen LogP contribution in [0, 0.1) is 18.3 Å². The molecule has 21 heavy (non-hydrogen) atoms. The molecule has 2 N–H and O–H groups in total. The maximum Gasteiger partial charge on any atom is 0.338 e. The molecular weight excluding hydrogens is 288 g/mol. The lowest BCUT2D eigenvalue weighted by atomic mass is 9.86. The van der Waals surface area contributed by atoms with Gasteiger partial charge in [0.1, 0.15) is 17.4 Å². The summed E-state index contributed by atoms with van der Waals surface area (Å²) in [5, 5.41) is 11.3. The predicted molar refractivity (Wildman–Crippen MR) is 79.0 cm³/mol. The van der Waals surface area contributed by atoms with Crippen molar-refractivity contribution >= 4 is 17.3 Å². The van der Waals surface area contributed by atoms with Crippen LogP contribution >= 0.6 is 11.3 Å². The molecule has 0 saturated heterocycles. The van der Waals surface area contributed by atoms with Crippen LogP contribution < -0.4 is 5.73 Å². The summed E-state index contributed by atoms with van der Waals surface area (Å²) < 4.78 is 10.5. The average molecular weight is 304 g/mol. The van der Waals surface area contributed by atoms with Crippen LogP contribution in [-0.2, 0) is 14.3 Å². The van der Waals surface area contributed by atoms with Crippen LogP contribution in [0.3, 0.4) is 0 Å². The largest absolute Gasteiger partial charge is 0.463 e. The molecule has 1 aliphatic rings. The van der Waals surface area contributed by atoms with E-state index in [1.807, 2.05) is 18.4 Å². The van der Waals surface area contributed by atoms with Gasteiger partial charge in [-0.2, -0.15) is 5.26 Å². The smallest absolute Gasteiger partial charge is 0.338 e. The standard InChI is InChI=1S/C15H16N2O3S/c1-4-19-15(18)11-9(3)20-14(17)10(7-16)12(11)13-8(2)5-6-21-13/h5-6,12H,4,17H2,1-3H3/t12-/m0/s1. The van der Waals surface area contributed by atoms with E-state index in [9.17, 15) is 10.1 Å². The quantitative estimate of drug-likeness (QED) is 0.868. The maximum atomic E-state index is 12.3. The molecule has 0 spiro atoms. The van der Waals surface area contributed by atoms with Gasteiger partial charge in [0.25, 0.3) is 0 Å². The Morgan fingerprint density at radius 2 is 2.29 bits per heavy atom. The Labute approximate surface area is 127 Å². The van der Waals surface area contributed by atoms with Gasteiger partial charge in [0.2, 0.25) is 5.88 Å². The molecule has 0 aromatic carbocycles. The Bertz CT molecular complexity index is 679. The van der Waals surface area contributed by atoms with Gasteiger partial charge in [-0.15, -0.1) is 11.3 Å². The third kappa shape index (κ3) is 2.65. The van der Waals surface area contributed by atoms with E-state index in [0.29, 0.717) is 11.3 Å². The number of nitrogens with two attached hydrogens (primary N) is 1. The van der Waals surface area contributed by atoms with E-state index in [0.717, 1.165) is 10.4 Å². The number of aryl methyl sites for hydroxylation is 1. The van der Waals surface area contributed by atoms with Crippen molar-refractivity contribution in [1.29, 1.82) is 5.26 Å². The number of nitriles is 1. The Balaban J connectivity index is 2.61. The van der Waals surface area contributed by atoms with Crippen LogP contribution in [-0.4, -0.2) is 12.6 Å². The summed E-state index contributed by atoms with van der Waals surface area (Å²) in [6, 6.07) is 4.00. The highest BCUT2D eigenvalue weighted by molar-refractivity contribution is 7.10. The molecule has 1 aromatic rings. The van der Waals surface area contributed by atoms with Crippen molar-refractivity contribution < 1.29 is 14.3 Å². The molecule has 0 fully saturated rings. The number of nitrogens with zero attached hydrogens (tertiary/aromatic N) is 1. The van der Waals surface area contributed by atoms with Crippen LogP contribution in [0.2, 0.25) is 0 Å². The third-order valence-corrected chi connectivity index (χ3v) is 4.35. The minimum absolute atomic E-state index is 0.0425. The van der Waals surface area contributed by atoms with Crippen molar-refractivity contribution in [2.75, 3.05) is 6.61 Å². The molecule has 6 heteroatoms. The number of hydrogen-bond acceptors (Lipinski definition) is 6. The highest BCUT2D eigenvalue weighted by Crippen LogP contribution is 2.42. The molecule has 2 rings (SSSR count). The van der Waals surface area contributed by atoms with Crippen molar-refractivity contribution in [3.05, 3.63) is 44.7 Å². The molecule has 1 aliphatic heterocycles. The van der Waals surface area contributed by atoms with Crippen molar-refractivity contribution in [3.63, 3.8) is 0 Å². The van der Waals surface area contributed by atoms with Crippen molar-refractivity contribution in [2.45, 2.75) is 26.7 Å². The van der Waals surface area contributed by atoms with E-state index in [-0.39, 0.29) is 18.1 Å². The highest BCUT2D eigenvalue weighted by Gasteiger charge is 2.37. The highest BCUT2D eigenvalue weighted by atomic mass is 32.1. The fourth-order valence-electron chi connectivity index (χ4n) is 2.30. The molecule has 1 aromatic heterocycles. The zero-order chi connectivity index (χ0) is 15.6. The predicted octanol–water partition coefficient (Wildman–Crippen LogP) is 2.70.